The van der Waals surface area contributed by atoms with E-state index < -0.39 is 18.1 Å². The number of ether oxygens (including phenoxy) is 2. The molecule has 0 aromatic heterocycles. The second-order valence-electron chi connectivity index (χ2n) is 6.88. The van der Waals surface area contributed by atoms with Crippen molar-refractivity contribution in [3.63, 3.8) is 0 Å². The zero-order chi connectivity index (χ0) is 18.0. The van der Waals surface area contributed by atoms with E-state index >= 15 is 0 Å². The van der Waals surface area contributed by atoms with E-state index in [9.17, 15) is 14.7 Å². The molecule has 1 heterocycles. The first-order valence-corrected chi connectivity index (χ1v) is 8.87. The zero-order valence-corrected chi connectivity index (χ0v) is 14.7. The van der Waals surface area contributed by atoms with E-state index in [1.54, 1.807) is 43.2 Å². The molecule has 2 fully saturated rings. The molecule has 1 N–H and O–H groups in total. The van der Waals surface area contributed by atoms with E-state index in [-0.39, 0.29) is 11.9 Å². The van der Waals surface area contributed by atoms with Gasteiger partial charge < -0.3 is 19.5 Å². The van der Waals surface area contributed by atoms with Gasteiger partial charge in [-0.3, -0.25) is 4.79 Å². The number of rotatable bonds is 5. The lowest BCUT2D eigenvalue weighted by atomic mass is 9.84. The quantitative estimate of drug-likeness (QED) is 0.886. The SMILES string of the molecule is COc1ccc(OC(C)C(=O)N2C(C(=O)O)CC3CCCCC32)cc1. The number of benzene rings is 1. The third-order valence-electron chi connectivity index (χ3n) is 5.35. The van der Waals surface area contributed by atoms with Gasteiger partial charge in [-0.15, -0.1) is 0 Å². The summed E-state index contributed by atoms with van der Waals surface area (Å²) in [6.45, 7) is 1.68. The molecule has 3 rings (SSSR count). The Kier molecular flexibility index (Phi) is 5.16. The Balaban J connectivity index is 1.73. The Morgan fingerprint density at radius 2 is 1.80 bits per heavy atom. The molecule has 136 valence electrons. The molecule has 2 aliphatic rings. The monoisotopic (exact) mass is 347 g/mol. The van der Waals surface area contributed by atoms with Crippen LogP contribution in [0, 0.1) is 5.92 Å². The fourth-order valence-corrected chi connectivity index (χ4v) is 4.12. The average Bonchev–Trinajstić information content (AvgIpc) is 3.01. The summed E-state index contributed by atoms with van der Waals surface area (Å²) >= 11 is 0. The lowest BCUT2D eigenvalue weighted by molar-refractivity contribution is -0.153. The number of carboxylic acids is 1. The van der Waals surface area contributed by atoms with Crippen LogP contribution in [0.3, 0.4) is 0 Å². The van der Waals surface area contributed by atoms with E-state index in [1.165, 1.54) is 0 Å². The fourth-order valence-electron chi connectivity index (χ4n) is 4.12. The number of hydrogen-bond acceptors (Lipinski definition) is 4. The van der Waals surface area contributed by atoms with Crippen molar-refractivity contribution in [3.8, 4) is 11.5 Å². The lowest BCUT2D eigenvalue weighted by Crippen LogP contribution is -2.50. The standard InChI is InChI=1S/C19H25NO5/c1-12(25-15-9-7-14(24-2)8-10-15)18(21)20-16-6-4-3-5-13(16)11-17(20)19(22)23/h7-10,12-13,16-17H,3-6,11H2,1-2H3,(H,22,23). The van der Waals surface area contributed by atoms with Crippen LogP contribution in [-0.4, -0.2) is 47.2 Å². The number of methoxy groups -OCH3 is 1. The van der Waals surface area contributed by atoms with Crippen molar-refractivity contribution in [3.05, 3.63) is 24.3 Å². The van der Waals surface area contributed by atoms with E-state index in [0.717, 1.165) is 25.7 Å². The van der Waals surface area contributed by atoms with E-state index in [2.05, 4.69) is 0 Å². The average molecular weight is 347 g/mol. The van der Waals surface area contributed by atoms with E-state index in [1.807, 2.05) is 0 Å². The predicted molar refractivity (Wildman–Crippen MR) is 91.7 cm³/mol. The predicted octanol–water partition coefficient (Wildman–Crippen LogP) is 2.71. The second-order valence-corrected chi connectivity index (χ2v) is 6.88. The molecular weight excluding hydrogens is 322 g/mol. The molecule has 0 spiro atoms. The highest BCUT2D eigenvalue weighted by molar-refractivity contribution is 5.87. The van der Waals surface area contributed by atoms with Gasteiger partial charge in [-0.2, -0.15) is 0 Å². The second kappa shape index (κ2) is 7.33. The Morgan fingerprint density at radius 1 is 1.16 bits per heavy atom. The minimum Gasteiger partial charge on any atom is -0.497 e. The molecule has 0 bridgehead atoms. The number of fused-ring (bicyclic) bond motifs is 1. The molecule has 1 aromatic carbocycles. The van der Waals surface area contributed by atoms with Crippen molar-refractivity contribution in [1.82, 2.24) is 4.90 Å². The van der Waals surface area contributed by atoms with Gasteiger partial charge in [-0.25, -0.2) is 4.79 Å². The highest BCUT2D eigenvalue weighted by Gasteiger charge is 2.48. The molecule has 0 radical (unpaired) electrons. The van der Waals surface area contributed by atoms with Crippen molar-refractivity contribution in [1.29, 1.82) is 0 Å². The summed E-state index contributed by atoms with van der Waals surface area (Å²) in [5, 5.41) is 9.56. The van der Waals surface area contributed by atoms with Gasteiger partial charge in [0.15, 0.2) is 6.10 Å². The van der Waals surface area contributed by atoms with Crippen molar-refractivity contribution < 1.29 is 24.2 Å². The minimum absolute atomic E-state index is 0.0317. The summed E-state index contributed by atoms with van der Waals surface area (Å²) in [6, 6.07) is 6.31. The van der Waals surface area contributed by atoms with Gasteiger partial charge >= 0.3 is 5.97 Å². The number of nitrogens with zero attached hydrogens (tertiary/aromatic N) is 1. The molecule has 6 heteroatoms. The smallest absolute Gasteiger partial charge is 0.326 e. The summed E-state index contributed by atoms with van der Waals surface area (Å²) < 4.78 is 10.9. The molecule has 1 aromatic rings. The topological polar surface area (TPSA) is 76.1 Å². The Hall–Kier alpha value is -2.24. The van der Waals surface area contributed by atoms with Crippen molar-refractivity contribution in [2.75, 3.05) is 7.11 Å². The number of carboxylic acid groups (broad SMARTS) is 1. The first kappa shape index (κ1) is 17.6. The van der Waals surface area contributed by atoms with Crippen molar-refractivity contribution in [2.24, 2.45) is 5.92 Å². The van der Waals surface area contributed by atoms with Crippen LogP contribution in [0.4, 0.5) is 0 Å². The van der Waals surface area contributed by atoms with Gasteiger partial charge in [0.25, 0.3) is 5.91 Å². The number of likely N-dealkylation sites (tertiary alicyclic amines) is 1. The van der Waals surface area contributed by atoms with Gasteiger partial charge in [0.1, 0.15) is 17.5 Å². The lowest BCUT2D eigenvalue weighted by Gasteiger charge is -2.34. The van der Waals surface area contributed by atoms with Gasteiger partial charge in [0.2, 0.25) is 0 Å². The van der Waals surface area contributed by atoms with Crippen LogP contribution < -0.4 is 9.47 Å². The van der Waals surface area contributed by atoms with Gasteiger partial charge in [0, 0.05) is 6.04 Å². The van der Waals surface area contributed by atoms with Gasteiger partial charge in [-0.1, -0.05) is 12.8 Å². The third kappa shape index (κ3) is 3.57. The maximum atomic E-state index is 13.0. The van der Waals surface area contributed by atoms with Crippen molar-refractivity contribution >= 4 is 11.9 Å². The van der Waals surface area contributed by atoms with Crippen LogP contribution in [0.5, 0.6) is 11.5 Å². The first-order valence-electron chi connectivity index (χ1n) is 8.87. The van der Waals surface area contributed by atoms with Crippen LogP contribution in [-0.2, 0) is 9.59 Å². The number of hydrogen-bond donors (Lipinski definition) is 1. The molecule has 1 saturated carbocycles. The molecule has 4 unspecified atom stereocenters. The third-order valence-corrected chi connectivity index (χ3v) is 5.35. The summed E-state index contributed by atoms with van der Waals surface area (Å²) in [5.74, 6) is 0.416. The van der Waals surface area contributed by atoms with E-state index in [4.69, 9.17) is 9.47 Å². The highest BCUT2D eigenvalue weighted by Crippen LogP contribution is 2.40. The Labute approximate surface area is 147 Å². The van der Waals surface area contributed by atoms with E-state index in [0.29, 0.717) is 23.8 Å². The summed E-state index contributed by atoms with van der Waals surface area (Å²) in [4.78, 5) is 26.2. The first-order chi connectivity index (χ1) is 12.0. The highest BCUT2D eigenvalue weighted by atomic mass is 16.5. The van der Waals surface area contributed by atoms with Gasteiger partial charge in [0.05, 0.1) is 7.11 Å². The molecule has 1 saturated heterocycles. The molecular formula is C19H25NO5. The normalized spacial score (nSPS) is 26.6. The largest absolute Gasteiger partial charge is 0.497 e. The van der Waals surface area contributed by atoms with Crippen molar-refractivity contribution in [2.45, 2.75) is 57.2 Å². The maximum Gasteiger partial charge on any atom is 0.326 e. The maximum absolute atomic E-state index is 13.0. The number of carbonyl (C=O) groups is 2. The molecule has 1 amide bonds. The van der Waals surface area contributed by atoms with Crippen LogP contribution in [0.2, 0.25) is 0 Å². The molecule has 4 atom stereocenters. The fraction of sp³-hybridized carbons (Fsp3) is 0.579. The number of carbonyl (C=O) groups excluding carboxylic acids is 1. The number of aliphatic carboxylic acids is 1. The molecule has 25 heavy (non-hydrogen) atoms. The zero-order valence-electron chi connectivity index (χ0n) is 14.7. The minimum atomic E-state index is -0.917. The van der Waals surface area contributed by atoms with Crippen LogP contribution in [0.25, 0.3) is 0 Å². The Bertz CT molecular complexity index is 629. The molecule has 1 aliphatic heterocycles. The van der Waals surface area contributed by atoms with Crippen LogP contribution in [0.15, 0.2) is 24.3 Å². The number of amides is 1. The summed E-state index contributed by atoms with van der Waals surface area (Å²) in [5.41, 5.74) is 0. The molecule has 1 aliphatic carbocycles. The summed E-state index contributed by atoms with van der Waals surface area (Å²) in [6.07, 6.45) is 3.89. The molecule has 6 nitrogen and oxygen atoms in total. The summed E-state index contributed by atoms with van der Waals surface area (Å²) in [7, 11) is 1.59. The van der Waals surface area contributed by atoms with Crippen LogP contribution in [0.1, 0.15) is 39.0 Å². The van der Waals surface area contributed by atoms with Gasteiger partial charge in [-0.05, 0) is 56.4 Å². The Morgan fingerprint density at radius 3 is 2.44 bits per heavy atom. The van der Waals surface area contributed by atoms with Crippen LogP contribution >= 0.6 is 0 Å².